The highest BCUT2D eigenvalue weighted by molar-refractivity contribution is 6.23. The molecular weight excluding hydrogens is 288 g/mol. The molecule has 1 aromatic carbocycles. The van der Waals surface area contributed by atoms with Gasteiger partial charge in [0.1, 0.15) is 5.41 Å². The molecule has 4 heteroatoms. The highest BCUT2D eigenvalue weighted by Gasteiger charge is 2.53. The molecule has 1 aliphatic heterocycles. The Labute approximate surface area is 134 Å². The number of benzene rings is 1. The van der Waals surface area contributed by atoms with Crippen molar-refractivity contribution in [2.24, 2.45) is 5.41 Å². The minimum absolute atomic E-state index is 0.210. The second-order valence-electron chi connectivity index (χ2n) is 5.98. The summed E-state index contributed by atoms with van der Waals surface area (Å²) >= 11 is 0. The maximum atomic E-state index is 13.4. The van der Waals surface area contributed by atoms with Gasteiger partial charge in [0.25, 0.3) is 0 Å². The summed E-state index contributed by atoms with van der Waals surface area (Å²) in [4.78, 5) is 27.3. The molecule has 4 nitrogen and oxygen atoms in total. The molecule has 2 amide bonds. The SMILES string of the molecule is Nc1ccccc1N1C(=O)CC2=CC=CC3=CC=CCC32C1=O. The summed E-state index contributed by atoms with van der Waals surface area (Å²) in [5.74, 6) is -0.438. The fourth-order valence-corrected chi connectivity index (χ4v) is 3.64. The Morgan fingerprint density at radius 1 is 1.09 bits per heavy atom. The topological polar surface area (TPSA) is 63.4 Å². The molecular formula is C19H16N2O2. The third-order valence-electron chi connectivity index (χ3n) is 4.79. The van der Waals surface area contributed by atoms with Gasteiger partial charge in [0, 0.05) is 0 Å². The van der Waals surface area contributed by atoms with Crippen LogP contribution in [0.4, 0.5) is 11.4 Å². The van der Waals surface area contributed by atoms with Crippen molar-refractivity contribution in [1.29, 1.82) is 0 Å². The van der Waals surface area contributed by atoms with Crippen molar-refractivity contribution in [2.45, 2.75) is 12.8 Å². The van der Waals surface area contributed by atoms with Crippen molar-refractivity contribution in [3.05, 3.63) is 71.9 Å². The molecule has 1 unspecified atom stereocenters. The van der Waals surface area contributed by atoms with Gasteiger partial charge in [-0.15, -0.1) is 0 Å². The molecule has 4 rings (SSSR count). The Balaban J connectivity index is 1.89. The van der Waals surface area contributed by atoms with Gasteiger partial charge < -0.3 is 5.73 Å². The van der Waals surface area contributed by atoms with Crippen LogP contribution in [0, 0.1) is 5.41 Å². The van der Waals surface area contributed by atoms with E-state index in [0.29, 0.717) is 17.8 Å². The third-order valence-corrected chi connectivity index (χ3v) is 4.79. The lowest BCUT2D eigenvalue weighted by Gasteiger charge is -2.45. The Hall–Kier alpha value is -2.88. The third kappa shape index (κ3) is 1.78. The maximum Gasteiger partial charge on any atom is 0.248 e. The molecule has 1 aromatic rings. The summed E-state index contributed by atoms with van der Waals surface area (Å²) in [5.41, 5.74) is 7.96. The van der Waals surface area contributed by atoms with Crippen molar-refractivity contribution >= 4 is 23.2 Å². The van der Waals surface area contributed by atoms with Gasteiger partial charge >= 0.3 is 0 Å². The van der Waals surface area contributed by atoms with Crippen molar-refractivity contribution in [1.82, 2.24) is 0 Å². The quantitative estimate of drug-likeness (QED) is 0.641. The molecule has 2 aliphatic carbocycles. The average Bonchev–Trinajstić information content (AvgIpc) is 2.56. The number of nitrogens with two attached hydrogens (primary N) is 1. The first kappa shape index (κ1) is 13.8. The van der Waals surface area contributed by atoms with Gasteiger partial charge in [-0.05, 0) is 29.7 Å². The molecule has 1 spiro atoms. The Bertz CT molecular complexity index is 845. The van der Waals surface area contributed by atoms with Gasteiger partial charge in [-0.25, -0.2) is 4.90 Å². The van der Waals surface area contributed by atoms with E-state index in [4.69, 9.17) is 5.73 Å². The normalized spacial score (nSPS) is 25.7. The number of para-hydroxylation sites is 2. The first-order valence-corrected chi connectivity index (χ1v) is 7.61. The van der Waals surface area contributed by atoms with Gasteiger partial charge in [0.05, 0.1) is 17.8 Å². The number of piperidine rings is 1. The molecule has 0 radical (unpaired) electrons. The van der Waals surface area contributed by atoms with E-state index in [-0.39, 0.29) is 18.2 Å². The Morgan fingerprint density at radius 2 is 1.91 bits per heavy atom. The smallest absolute Gasteiger partial charge is 0.248 e. The van der Waals surface area contributed by atoms with E-state index < -0.39 is 5.41 Å². The van der Waals surface area contributed by atoms with Crippen LogP contribution in [-0.2, 0) is 9.59 Å². The van der Waals surface area contributed by atoms with E-state index in [1.165, 1.54) is 4.90 Å². The zero-order chi connectivity index (χ0) is 16.0. The van der Waals surface area contributed by atoms with Crippen LogP contribution >= 0.6 is 0 Å². The number of nitrogens with zero attached hydrogens (tertiary/aromatic N) is 1. The van der Waals surface area contributed by atoms with Crippen LogP contribution in [-0.4, -0.2) is 11.8 Å². The number of carbonyl (C=O) groups is 2. The first-order valence-electron chi connectivity index (χ1n) is 7.61. The summed E-state index contributed by atoms with van der Waals surface area (Å²) in [5, 5.41) is 0. The number of hydrogen-bond acceptors (Lipinski definition) is 3. The standard InChI is InChI=1S/C19H16N2O2/c20-15-9-1-2-10-16(15)21-17(22)12-14-8-5-7-13-6-3-4-11-19(13,14)18(21)23/h1-10H,11-12,20H2. The molecule has 1 atom stereocenters. The van der Waals surface area contributed by atoms with Crippen molar-refractivity contribution in [3.63, 3.8) is 0 Å². The van der Waals surface area contributed by atoms with E-state index in [0.717, 1.165) is 11.1 Å². The molecule has 0 saturated carbocycles. The van der Waals surface area contributed by atoms with Crippen LogP contribution in [0.2, 0.25) is 0 Å². The molecule has 1 fully saturated rings. The van der Waals surface area contributed by atoms with Gasteiger partial charge in [0.2, 0.25) is 11.8 Å². The van der Waals surface area contributed by atoms with Crippen molar-refractivity contribution in [2.75, 3.05) is 10.6 Å². The van der Waals surface area contributed by atoms with Crippen molar-refractivity contribution in [3.8, 4) is 0 Å². The molecule has 0 aromatic heterocycles. The molecule has 1 saturated heterocycles. The van der Waals surface area contributed by atoms with Gasteiger partial charge in [0.15, 0.2) is 0 Å². The number of rotatable bonds is 1. The number of imide groups is 1. The second-order valence-corrected chi connectivity index (χ2v) is 5.98. The minimum Gasteiger partial charge on any atom is -0.397 e. The highest BCUT2D eigenvalue weighted by atomic mass is 16.2. The second kappa shape index (κ2) is 4.81. The van der Waals surface area contributed by atoms with E-state index in [9.17, 15) is 9.59 Å². The molecule has 0 bridgehead atoms. The number of allylic oxidation sites excluding steroid dienone is 6. The molecule has 23 heavy (non-hydrogen) atoms. The minimum atomic E-state index is -0.764. The summed E-state index contributed by atoms with van der Waals surface area (Å²) < 4.78 is 0. The van der Waals surface area contributed by atoms with Gasteiger partial charge in [-0.1, -0.05) is 48.6 Å². The summed E-state index contributed by atoms with van der Waals surface area (Å²) in [6, 6.07) is 7.00. The zero-order valence-corrected chi connectivity index (χ0v) is 12.5. The Kier molecular flexibility index (Phi) is 2.88. The van der Waals surface area contributed by atoms with Crippen LogP contribution < -0.4 is 10.6 Å². The van der Waals surface area contributed by atoms with Crippen LogP contribution in [0.5, 0.6) is 0 Å². The van der Waals surface area contributed by atoms with Gasteiger partial charge in [-0.2, -0.15) is 0 Å². The van der Waals surface area contributed by atoms with E-state index in [1.54, 1.807) is 24.3 Å². The zero-order valence-electron chi connectivity index (χ0n) is 12.5. The molecule has 3 aliphatic rings. The largest absolute Gasteiger partial charge is 0.397 e. The van der Waals surface area contributed by atoms with Crippen LogP contribution in [0.1, 0.15) is 12.8 Å². The van der Waals surface area contributed by atoms with Crippen LogP contribution in [0.3, 0.4) is 0 Å². The molecule has 1 heterocycles. The van der Waals surface area contributed by atoms with Crippen molar-refractivity contribution < 1.29 is 9.59 Å². The fourth-order valence-electron chi connectivity index (χ4n) is 3.64. The number of anilines is 2. The van der Waals surface area contributed by atoms with Crippen LogP contribution in [0.25, 0.3) is 0 Å². The molecule has 114 valence electrons. The number of amides is 2. The summed E-state index contributed by atoms with van der Waals surface area (Å²) in [6.45, 7) is 0. The van der Waals surface area contributed by atoms with E-state index >= 15 is 0 Å². The van der Waals surface area contributed by atoms with Crippen LogP contribution in [0.15, 0.2) is 71.9 Å². The van der Waals surface area contributed by atoms with E-state index in [2.05, 4.69) is 0 Å². The average molecular weight is 304 g/mol. The lowest BCUT2D eigenvalue weighted by molar-refractivity contribution is -0.132. The lowest BCUT2D eigenvalue weighted by atomic mass is 9.63. The first-order chi connectivity index (χ1) is 11.1. The number of hydrogen-bond donors (Lipinski definition) is 1. The Morgan fingerprint density at radius 3 is 2.74 bits per heavy atom. The monoisotopic (exact) mass is 304 g/mol. The van der Waals surface area contributed by atoms with E-state index in [1.807, 2.05) is 36.5 Å². The predicted octanol–water partition coefficient (Wildman–Crippen LogP) is 2.90. The summed E-state index contributed by atoms with van der Waals surface area (Å²) in [6.07, 6.45) is 12.5. The highest BCUT2D eigenvalue weighted by Crippen LogP contribution is 2.51. The summed E-state index contributed by atoms with van der Waals surface area (Å²) in [7, 11) is 0. The number of nitrogen functional groups attached to an aromatic ring is 1. The maximum absolute atomic E-state index is 13.4. The molecule has 2 N–H and O–H groups in total. The predicted molar refractivity (Wildman–Crippen MR) is 89.5 cm³/mol. The van der Waals surface area contributed by atoms with Gasteiger partial charge in [-0.3, -0.25) is 9.59 Å². The number of carbonyl (C=O) groups excluding carboxylic acids is 2. The fraction of sp³-hybridized carbons (Fsp3) is 0.158. The lowest BCUT2D eigenvalue weighted by Crippen LogP contribution is -2.54.